The molecule has 1 saturated heterocycles. The molecule has 3 rings (SSSR count). The third kappa shape index (κ3) is 5.20. The van der Waals surface area contributed by atoms with Gasteiger partial charge in [0.05, 0.1) is 25.3 Å². The highest BCUT2D eigenvalue weighted by Gasteiger charge is 2.43. The Hall–Kier alpha value is -2.83. The molecule has 0 atom stereocenters. The lowest BCUT2D eigenvalue weighted by molar-refractivity contribution is -0.160. The van der Waals surface area contributed by atoms with Gasteiger partial charge in [0.25, 0.3) is 0 Å². The number of likely N-dealkylation sites (tertiary alicyclic amines) is 1. The van der Waals surface area contributed by atoms with E-state index in [-0.39, 0.29) is 11.9 Å². The summed E-state index contributed by atoms with van der Waals surface area (Å²) in [5.74, 6) is 0.752. The summed E-state index contributed by atoms with van der Waals surface area (Å²) in [4.78, 5) is 27.4. The van der Waals surface area contributed by atoms with Crippen LogP contribution in [0.5, 0.6) is 5.75 Å². The monoisotopic (exact) mass is 413 g/mol. The number of methoxy groups -OCH3 is 1. The second kappa shape index (κ2) is 9.78. The number of hydrogen-bond donors (Lipinski definition) is 0. The molecule has 1 aromatic heterocycles. The summed E-state index contributed by atoms with van der Waals surface area (Å²) in [5.41, 5.74) is 1.54. The number of nitrogens with zero attached hydrogens (tertiary/aromatic N) is 3. The standard InChI is InChI=1S/C23H31N3O4/c1-4-30-22(28)23(15-18-5-8-20(29-3)9-6-18)11-13-26(14-12-23)21(27)10-7-19-16-24-25(2)17-19/h5-6,8-9,16-17H,4,7,10-15H2,1-3H3. The topological polar surface area (TPSA) is 73.7 Å². The highest BCUT2D eigenvalue weighted by molar-refractivity contribution is 5.79. The van der Waals surface area contributed by atoms with Gasteiger partial charge in [0.2, 0.25) is 5.91 Å². The molecular weight excluding hydrogens is 382 g/mol. The maximum Gasteiger partial charge on any atom is 0.312 e. The Morgan fingerprint density at radius 1 is 1.13 bits per heavy atom. The van der Waals surface area contributed by atoms with Crippen LogP contribution in [0.3, 0.4) is 0 Å². The van der Waals surface area contributed by atoms with Gasteiger partial charge < -0.3 is 14.4 Å². The number of benzene rings is 1. The van der Waals surface area contributed by atoms with E-state index in [0.29, 0.717) is 51.8 Å². The molecule has 1 fully saturated rings. The van der Waals surface area contributed by atoms with Gasteiger partial charge in [0.15, 0.2) is 0 Å². The molecule has 1 aliphatic rings. The fraction of sp³-hybridized carbons (Fsp3) is 0.522. The number of piperidine rings is 1. The van der Waals surface area contributed by atoms with Gasteiger partial charge in [0, 0.05) is 32.8 Å². The van der Waals surface area contributed by atoms with E-state index < -0.39 is 5.41 Å². The lowest BCUT2D eigenvalue weighted by atomic mass is 9.73. The Morgan fingerprint density at radius 2 is 1.83 bits per heavy atom. The molecule has 1 amide bonds. The van der Waals surface area contributed by atoms with Crippen LogP contribution < -0.4 is 4.74 Å². The summed E-state index contributed by atoms with van der Waals surface area (Å²) in [5, 5.41) is 4.15. The lowest BCUT2D eigenvalue weighted by Gasteiger charge is -2.40. The molecule has 2 aromatic rings. The van der Waals surface area contributed by atoms with Crippen LogP contribution >= 0.6 is 0 Å². The largest absolute Gasteiger partial charge is 0.497 e. The molecule has 0 spiro atoms. The molecule has 0 unspecified atom stereocenters. The average Bonchev–Trinajstić information content (AvgIpc) is 3.18. The molecule has 7 heteroatoms. The van der Waals surface area contributed by atoms with Crippen LogP contribution in [0.4, 0.5) is 0 Å². The fourth-order valence-electron chi connectivity index (χ4n) is 4.07. The van der Waals surface area contributed by atoms with E-state index in [1.807, 2.05) is 49.3 Å². The summed E-state index contributed by atoms with van der Waals surface area (Å²) in [7, 11) is 3.50. The third-order valence-corrected chi connectivity index (χ3v) is 5.87. The number of ether oxygens (including phenoxy) is 2. The number of aryl methyl sites for hydroxylation is 2. The summed E-state index contributed by atoms with van der Waals surface area (Å²) in [6.45, 7) is 3.33. The summed E-state index contributed by atoms with van der Waals surface area (Å²) < 4.78 is 12.4. The normalized spacial score (nSPS) is 15.6. The fourth-order valence-corrected chi connectivity index (χ4v) is 4.07. The minimum Gasteiger partial charge on any atom is -0.497 e. The predicted molar refractivity (Wildman–Crippen MR) is 113 cm³/mol. The second-order valence-electron chi connectivity index (χ2n) is 7.93. The van der Waals surface area contributed by atoms with Crippen LogP contribution in [-0.4, -0.2) is 53.4 Å². The van der Waals surface area contributed by atoms with Gasteiger partial charge in [0.1, 0.15) is 5.75 Å². The van der Waals surface area contributed by atoms with Gasteiger partial charge >= 0.3 is 5.97 Å². The maximum absolute atomic E-state index is 12.9. The predicted octanol–water partition coefficient (Wildman–Crippen LogP) is 2.78. The number of carbonyl (C=O) groups excluding carboxylic acids is 2. The Morgan fingerprint density at radius 3 is 2.40 bits per heavy atom. The molecule has 1 aromatic carbocycles. The average molecular weight is 414 g/mol. The second-order valence-corrected chi connectivity index (χ2v) is 7.93. The van der Waals surface area contributed by atoms with E-state index >= 15 is 0 Å². The van der Waals surface area contributed by atoms with Gasteiger partial charge in [-0.3, -0.25) is 14.3 Å². The van der Waals surface area contributed by atoms with Gasteiger partial charge in [-0.15, -0.1) is 0 Å². The Balaban J connectivity index is 1.63. The number of hydrogen-bond acceptors (Lipinski definition) is 5. The van der Waals surface area contributed by atoms with E-state index in [1.54, 1.807) is 18.0 Å². The van der Waals surface area contributed by atoms with Crippen LogP contribution in [0.1, 0.15) is 37.3 Å². The van der Waals surface area contributed by atoms with Crippen molar-refractivity contribution in [2.75, 3.05) is 26.8 Å². The highest BCUT2D eigenvalue weighted by Crippen LogP contribution is 2.37. The van der Waals surface area contributed by atoms with Crippen molar-refractivity contribution >= 4 is 11.9 Å². The van der Waals surface area contributed by atoms with Crippen molar-refractivity contribution in [1.82, 2.24) is 14.7 Å². The molecular formula is C23H31N3O4. The van der Waals surface area contributed by atoms with Crippen LogP contribution in [-0.2, 0) is 34.2 Å². The highest BCUT2D eigenvalue weighted by atomic mass is 16.5. The SMILES string of the molecule is CCOC(=O)C1(Cc2ccc(OC)cc2)CCN(C(=O)CCc2cnn(C)c2)CC1. The first-order valence-corrected chi connectivity index (χ1v) is 10.5. The number of rotatable bonds is 8. The van der Waals surface area contributed by atoms with Crippen molar-refractivity contribution in [3.63, 3.8) is 0 Å². The van der Waals surface area contributed by atoms with Gasteiger partial charge in [-0.2, -0.15) is 5.10 Å². The third-order valence-electron chi connectivity index (χ3n) is 5.87. The first kappa shape index (κ1) is 21.9. The van der Waals surface area contributed by atoms with Gasteiger partial charge in [-0.1, -0.05) is 12.1 Å². The van der Waals surface area contributed by atoms with Crippen molar-refractivity contribution in [3.8, 4) is 5.75 Å². The van der Waals surface area contributed by atoms with Gasteiger partial charge in [-0.05, 0) is 55.9 Å². The van der Waals surface area contributed by atoms with Crippen molar-refractivity contribution in [2.45, 2.75) is 39.0 Å². The molecule has 0 aliphatic carbocycles. The van der Waals surface area contributed by atoms with Crippen LogP contribution in [0.15, 0.2) is 36.7 Å². The van der Waals surface area contributed by atoms with E-state index in [0.717, 1.165) is 16.9 Å². The minimum atomic E-state index is -0.593. The van der Waals surface area contributed by atoms with Crippen LogP contribution in [0, 0.1) is 5.41 Å². The van der Waals surface area contributed by atoms with Crippen molar-refractivity contribution in [2.24, 2.45) is 12.5 Å². The molecule has 0 saturated carbocycles. The summed E-state index contributed by atoms with van der Waals surface area (Å²) in [6, 6.07) is 7.80. The Bertz CT molecular complexity index is 852. The molecule has 162 valence electrons. The molecule has 30 heavy (non-hydrogen) atoms. The molecule has 7 nitrogen and oxygen atoms in total. The first-order chi connectivity index (χ1) is 14.5. The molecule has 2 heterocycles. The van der Waals surface area contributed by atoms with Gasteiger partial charge in [-0.25, -0.2) is 0 Å². The summed E-state index contributed by atoms with van der Waals surface area (Å²) >= 11 is 0. The molecule has 0 radical (unpaired) electrons. The maximum atomic E-state index is 12.9. The van der Waals surface area contributed by atoms with Crippen LogP contribution in [0.2, 0.25) is 0 Å². The smallest absolute Gasteiger partial charge is 0.312 e. The van der Waals surface area contributed by atoms with E-state index in [2.05, 4.69) is 5.10 Å². The number of carbonyl (C=O) groups is 2. The molecule has 0 bridgehead atoms. The zero-order chi connectivity index (χ0) is 21.6. The molecule has 1 aliphatic heterocycles. The van der Waals surface area contributed by atoms with E-state index in [1.165, 1.54) is 0 Å². The molecule has 0 N–H and O–H groups in total. The lowest BCUT2D eigenvalue weighted by Crippen LogP contribution is -2.48. The quantitative estimate of drug-likeness (QED) is 0.622. The number of aromatic nitrogens is 2. The van der Waals surface area contributed by atoms with Crippen molar-refractivity contribution in [3.05, 3.63) is 47.8 Å². The van der Waals surface area contributed by atoms with Crippen LogP contribution in [0.25, 0.3) is 0 Å². The Labute approximate surface area is 178 Å². The minimum absolute atomic E-state index is 0.126. The van der Waals surface area contributed by atoms with Crippen molar-refractivity contribution in [1.29, 1.82) is 0 Å². The Kier molecular flexibility index (Phi) is 7.13. The zero-order valence-corrected chi connectivity index (χ0v) is 18.1. The van der Waals surface area contributed by atoms with E-state index in [9.17, 15) is 9.59 Å². The zero-order valence-electron chi connectivity index (χ0n) is 18.1. The first-order valence-electron chi connectivity index (χ1n) is 10.5. The van der Waals surface area contributed by atoms with Crippen molar-refractivity contribution < 1.29 is 19.1 Å². The number of esters is 1. The summed E-state index contributed by atoms with van der Waals surface area (Å²) in [6.07, 6.45) is 6.68. The van der Waals surface area contributed by atoms with E-state index in [4.69, 9.17) is 9.47 Å². The number of amides is 1.